The lowest BCUT2D eigenvalue weighted by atomic mass is 9.96. The fraction of sp³-hybridized carbons (Fsp3) is 0.455. The maximum absolute atomic E-state index is 13.1. The van der Waals surface area contributed by atoms with Crippen molar-refractivity contribution in [3.05, 3.63) is 52.7 Å². The summed E-state index contributed by atoms with van der Waals surface area (Å²) in [6, 6.07) is 11.6. The largest absolute Gasteiger partial charge is 0.331 e. The predicted molar refractivity (Wildman–Crippen MR) is 115 cm³/mol. The lowest BCUT2D eigenvalue weighted by Crippen LogP contribution is -3.13. The Balaban J connectivity index is 1.27. The molecule has 2 aromatic rings. The Labute approximate surface area is 176 Å². The first-order chi connectivity index (χ1) is 14.2. The molecule has 0 spiro atoms. The minimum Gasteiger partial charge on any atom is -0.331 e. The van der Waals surface area contributed by atoms with Crippen LogP contribution in [0.5, 0.6) is 0 Å². The van der Waals surface area contributed by atoms with E-state index in [4.69, 9.17) is 0 Å². The first-order valence-corrected chi connectivity index (χ1v) is 11.4. The fourth-order valence-electron chi connectivity index (χ4n) is 4.25. The summed E-state index contributed by atoms with van der Waals surface area (Å²) in [4.78, 5) is 31.0. The van der Waals surface area contributed by atoms with Crippen molar-refractivity contribution in [2.75, 3.05) is 44.6 Å². The number of nitrogens with zero attached hydrogens (tertiary/aromatic N) is 2. The molecule has 1 aromatic carbocycles. The molecule has 2 fully saturated rings. The van der Waals surface area contributed by atoms with Crippen LogP contribution < -0.4 is 10.2 Å². The summed E-state index contributed by atoms with van der Waals surface area (Å²) in [7, 11) is 0. The number of thiophene rings is 1. The molecule has 29 heavy (non-hydrogen) atoms. The third-order valence-corrected chi connectivity index (χ3v) is 6.63. The smallest absolute Gasteiger partial charge is 0.321 e. The molecule has 0 unspecified atom stereocenters. The number of quaternary nitrogens is 1. The molecule has 2 saturated heterocycles. The number of para-hydroxylation sites is 1. The molecule has 0 aliphatic carbocycles. The molecule has 6 nitrogen and oxygen atoms in total. The van der Waals surface area contributed by atoms with Crippen molar-refractivity contribution in [2.24, 2.45) is 5.92 Å². The normalized spacial score (nSPS) is 20.5. The van der Waals surface area contributed by atoms with Crippen LogP contribution in [0.15, 0.2) is 47.2 Å². The molecule has 1 aromatic heterocycles. The summed E-state index contributed by atoms with van der Waals surface area (Å²) >= 11 is 1.74. The highest BCUT2D eigenvalue weighted by atomic mass is 32.1. The van der Waals surface area contributed by atoms with E-state index >= 15 is 0 Å². The molecule has 1 atom stereocenters. The van der Waals surface area contributed by atoms with Crippen LogP contribution >= 0.6 is 11.3 Å². The van der Waals surface area contributed by atoms with Gasteiger partial charge in [0.2, 0.25) is 5.91 Å². The standard InChI is InChI=1S/C22H28N4O2S/c27-21(25-12-10-24(11-13-25)15-18-8-14-29-17-18)19-5-4-9-26(16-19)22(28)23-20-6-2-1-3-7-20/h1-3,6-8,14,17,19H,4-5,9-13,15-16H2,(H,23,28)/p+1/t19-/m0/s1. The van der Waals surface area contributed by atoms with Crippen LogP contribution in [0, 0.1) is 5.92 Å². The van der Waals surface area contributed by atoms with E-state index in [-0.39, 0.29) is 17.9 Å². The molecule has 0 radical (unpaired) electrons. The van der Waals surface area contributed by atoms with Crippen LogP contribution in [0.1, 0.15) is 18.4 Å². The Kier molecular flexibility index (Phi) is 6.46. The van der Waals surface area contributed by atoms with E-state index in [0.717, 1.165) is 51.3 Å². The molecule has 0 saturated carbocycles. The number of hydrogen-bond donors (Lipinski definition) is 2. The zero-order chi connectivity index (χ0) is 20.1. The van der Waals surface area contributed by atoms with Crippen molar-refractivity contribution in [3.8, 4) is 0 Å². The number of urea groups is 1. The number of carbonyl (C=O) groups excluding carboxylic acids is 2. The van der Waals surface area contributed by atoms with Crippen molar-refractivity contribution in [3.63, 3.8) is 0 Å². The van der Waals surface area contributed by atoms with Crippen LogP contribution in [0.2, 0.25) is 0 Å². The van der Waals surface area contributed by atoms with E-state index in [1.807, 2.05) is 35.2 Å². The van der Waals surface area contributed by atoms with E-state index in [1.54, 1.807) is 21.1 Å². The number of carbonyl (C=O) groups is 2. The maximum Gasteiger partial charge on any atom is 0.321 e. The van der Waals surface area contributed by atoms with Crippen molar-refractivity contribution in [1.82, 2.24) is 9.80 Å². The molecular formula is C22H29N4O2S+. The number of piperidine rings is 1. The third-order valence-electron chi connectivity index (χ3n) is 5.90. The lowest BCUT2D eigenvalue weighted by molar-refractivity contribution is -0.917. The number of nitrogens with one attached hydrogen (secondary N) is 2. The van der Waals surface area contributed by atoms with E-state index in [2.05, 4.69) is 22.1 Å². The molecule has 2 N–H and O–H groups in total. The van der Waals surface area contributed by atoms with Crippen LogP contribution in [-0.4, -0.2) is 61.0 Å². The van der Waals surface area contributed by atoms with Gasteiger partial charge in [0.25, 0.3) is 0 Å². The lowest BCUT2D eigenvalue weighted by Gasteiger charge is -2.37. The Hall–Kier alpha value is -2.38. The van der Waals surface area contributed by atoms with Gasteiger partial charge >= 0.3 is 6.03 Å². The number of benzene rings is 1. The van der Waals surface area contributed by atoms with Gasteiger partial charge in [0.15, 0.2) is 0 Å². The average molecular weight is 414 g/mol. The SMILES string of the molecule is O=C(Nc1ccccc1)N1CCC[C@H](C(=O)N2CC[NH+](Cc3ccsc3)CC2)C1. The van der Waals surface area contributed by atoms with E-state index in [1.165, 1.54) is 5.56 Å². The minimum absolute atomic E-state index is 0.0799. The molecule has 0 bridgehead atoms. The number of amides is 3. The summed E-state index contributed by atoms with van der Waals surface area (Å²) in [5.74, 6) is 0.139. The van der Waals surface area contributed by atoms with Crippen molar-refractivity contribution >= 4 is 29.0 Å². The Morgan fingerprint density at radius 3 is 2.59 bits per heavy atom. The quantitative estimate of drug-likeness (QED) is 0.805. The van der Waals surface area contributed by atoms with Gasteiger partial charge in [-0.05, 0) is 41.8 Å². The van der Waals surface area contributed by atoms with Gasteiger partial charge in [-0.3, -0.25) is 4.79 Å². The van der Waals surface area contributed by atoms with Gasteiger partial charge in [-0.2, -0.15) is 11.3 Å². The van der Waals surface area contributed by atoms with Crippen molar-refractivity contribution in [1.29, 1.82) is 0 Å². The van der Waals surface area contributed by atoms with E-state index in [0.29, 0.717) is 13.1 Å². The highest BCUT2D eigenvalue weighted by Gasteiger charge is 2.33. The highest BCUT2D eigenvalue weighted by Crippen LogP contribution is 2.20. The Morgan fingerprint density at radius 1 is 1.07 bits per heavy atom. The number of hydrogen-bond acceptors (Lipinski definition) is 3. The van der Waals surface area contributed by atoms with Crippen molar-refractivity contribution in [2.45, 2.75) is 19.4 Å². The van der Waals surface area contributed by atoms with Crippen molar-refractivity contribution < 1.29 is 14.5 Å². The number of anilines is 1. The topological polar surface area (TPSA) is 57.1 Å². The first-order valence-electron chi connectivity index (χ1n) is 10.4. The molecule has 4 rings (SSSR count). The van der Waals surface area contributed by atoms with Gasteiger partial charge in [0.05, 0.1) is 32.1 Å². The number of piperazine rings is 1. The fourth-order valence-corrected chi connectivity index (χ4v) is 4.92. The second kappa shape index (κ2) is 9.41. The second-order valence-corrected chi connectivity index (χ2v) is 8.75. The maximum atomic E-state index is 13.1. The van der Waals surface area contributed by atoms with Gasteiger partial charge in [0.1, 0.15) is 6.54 Å². The monoisotopic (exact) mass is 413 g/mol. The van der Waals surface area contributed by atoms with E-state index in [9.17, 15) is 9.59 Å². The van der Waals surface area contributed by atoms with Gasteiger partial charge in [-0.1, -0.05) is 18.2 Å². The highest BCUT2D eigenvalue weighted by molar-refractivity contribution is 7.07. The summed E-state index contributed by atoms with van der Waals surface area (Å²) in [5, 5.41) is 7.27. The zero-order valence-electron chi connectivity index (χ0n) is 16.7. The van der Waals surface area contributed by atoms with Gasteiger partial charge in [-0.25, -0.2) is 4.79 Å². The number of rotatable bonds is 4. The Morgan fingerprint density at radius 2 is 1.86 bits per heavy atom. The first kappa shape index (κ1) is 19.9. The Bertz CT molecular complexity index is 803. The molecule has 3 amide bonds. The minimum atomic E-state index is -0.112. The van der Waals surface area contributed by atoms with Gasteiger partial charge in [-0.15, -0.1) is 0 Å². The van der Waals surface area contributed by atoms with E-state index < -0.39 is 0 Å². The summed E-state index contributed by atoms with van der Waals surface area (Å²) in [5.41, 5.74) is 2.17. The molecular weight excluding hydrogens is 384 g/mol. The summed E-state index contributed by atoms with van der Waals surface area (Å²) in [6.07, 6.45) is 1.75. The number of likely N-dealkylation sites (tertiary alicyclic amines) is 1. The predicted octanol–water partition coefficient (Wildman–Crippen LogP) is 1.92. The molecule has 154 valence electrons. The van der Waals surface area contributed by atoms with Gasteiger partial charge in [0, 0.05) is 24.3 Å². The molecule has 3 heterocycles. The molecule has 2 aliphatic heterocycles. The second-order valence-electron chi connectivity index (χ2n) is 7.97. The third kappa shape index (κ3) is 5.16. The summed E-state index contributed by atoms with van der Waals surface area (Å²) in [6.45, 7) is 5.87. The molecule has 7 heteroatoms. The average Bonchev–Trinajstić information content (AvgIpc) is 3.28. The van der Waals surface area contributed by atoms with Crippen LogP contribution in [-0.2, 0) is 11.3 Å². The molecule has 2 aliphatic rings. The van der Waals surface area contributed by atoms with Crippen LogP contribution in [0.25, 0.3) is 0 Å². The van der Waals surface area contributed by atoms with Crippen LogP contribution in [0.3, 0.4) is 0 Å². The van der Waals surface area contributed by atoms with Crippen LogP contribution in [0.4, 0.5) is 10.5 Å². The van der Waals surface area contributed by atoms with Gasteiger partial charge < -0.3 is 20.0 Å². The summed E-state index contributed by atoms with van der Waals surface area (Å²) < 4.78 is 0. The zero-order valence-corrected chi connectivity index (χ0v) is 17.5.